The summed E-state index contributed by atoms with van der Waals surface area (Å²) in [4.78, 5) is 15.1. The predicted molar refractivity (Wildman–Crippen MR) is 207 cm³/mol. The van der Waals surface area contributed by atoms with Crippen molar-refractivity contribution in [2.75, 3.05) is 0 Å². The standard InChI is InChI=1S/C45H27N3OS/c1-3-11-28(12-4-1)30-15-9-16-32(25-30)44-46-43(29-13-5-2-6-14-29)47-45(48-44)33-22-24-40-38(27-33)37-26-31(21-23-39(37)49-40)34-18-10-19-36-35-17-7-8-20-41(35)50-42(34)36/h1-27H. The Kier molecular flexibility index (Phi) is 6.64. The van der Waals surface area contributed by atoms with Crippen LogP contribution < -0.4 is 0 Å². The Labute approximate surface area is 292 Å². The molecule has 10 aromatic rings. The molecule has 10 rings (SSSR count). The molecule has 0 amide bonds. The van der Waals surface area contributed by atoms with E-state index in [1.165, 1.54) is 25.7 Å². The van der Waals surface area contributed by atoms with E-state index in [-0.39, 0.29) is 0 Å². The Balaban J connectivity index is 1.12. The molecular formula is C45H27N3OS. The molecule has 5 heteroatoms. The van der Waals surface area contributed by atoms with Crippen LogP contribution in [0.15, 0.2) is 168 Å². The molecule has 0 saturated heterocycles. The zero-order chi connectivity index (χ0) is 33.0. The van der Waals surface area contributed by atoms with Crippen LogP contribution in [0.4, 0.5) is 0 Å². The molecule has 234 valence electrons. The zero-order valence-corrected chi connectivity index (χ0v) is 27.6. The summed E-state index contributed by atoms with van der Waals surface area (Å²) in [6.45, 7) is 0. The maximum Gasteiger partial charge on any atom is 0.164 e. The summed E-state index contributed by atoms with van der Waals surface area (Å²) in [7, 11) is 0. The van der Waals surface area contributed by atoms with Gasteiger partial charge < -0.3 is 4.42 Å². The van der Waals surface area contributed by atoms with Crippen molar-refractivity contribution in [3.63, 3.8) is 0 Å². The van der Waals surface area contributed by atoms with E-state index in [1.54, 1.807) is 0 Å². The van der Waals surface area contributed by atoms with Gasteiger partial charge in [0, 0.05) is 47.6 Å². The van der Waals surface area contributed by atoms with Crippen molar-refractivity contribution in [3.05, 3.63) is 164 Å². The lowest BCUT2D eigenvalue weighted by molar-refractivity contribution is 0.669. The first kappa shape index (κ1) is 28.6. The van der Waals surface area contributed by atoms with Crippen molar-refractivity contribution in [3.8, 4) is 56.4 Å². The number of furan rings is 1. The molecular weight excluding hydrogens is 631 g/mol. The Morgan fingerprint density at radius 2 is 0.900 bits per heavy atom. The Hall–Kier alpha value is -6.43. The minimum atomic E-state index is 0.612. The van der Waals surface area contributed by atoms with Crippen LogP contribution in [0, 0.1) is 0 Å². The third kappa shape index (κ3) is 4.87. The summed E-state index contributed by atoms with van der Waals surface area (Å²) in [5.41, 5.74) is 9.09. The van der Waals surface area contributed by atoms with Crippen LogP contribution in [-0.4, -0.2) is 15.0 Å². The minimum absolute atomic E-state index is 0.612. The lowest BCUT2D eigenvalue weighted by atomic mass is 10.00. The molecule has 0 N–H and O–H groups in total. The second kappa shape index (κ2) is 11.6. The van der Waals surface area contributed by atoms with Gasteiger partial charge in [0.2, 0.25) is 0 Å². The molecule has 0 fully saturated rings. The van der Waals surface area contributed by atoms with E-state index in [1.807, 2.05) is 59.9 Å². The van der Waals surface area contributed by atoms with E-state index >= 15 is 0 Å². The molecule has 3 aromatic heterocycles. The topological polar surface area (TPSA) is 51.8 Å². The summed E-state index contributed by atoms with van der Waals surface area (Å²) in [5.74, 6) is 1.87. The van der Waals surface area contributed by atoms with E-state index in [4.69, 9.17) is 19.4 Å². The first-order chi connectivity index (χ1) is 24.7. The van der Waals surface area contributed by atoms with Crippen LogP contribution in [0.3, 0.4) is 0 Å². The largest absolute Gasteiger partial charge is 0.456 e. The third-order valence-corrected chi connectivity index (χ3v) is 10.6. The van der Waals surface area contributed by atoms with Crippen molar-refractivity contribution < 1.29 is 4.42 Å². The molecule has 7 aromatic carbocycles. The highest BCUT2D eigenvalue weighted by molar-refractivity contribution is 7.26. The highest BCUT2D eigenvalue weighted by atomic mass is 32.1. The van der Waals surface area contributed by atoms with Crippen LogP contribution in [-0.2, 0) is 0 Å². The van der Waals surface area contributed by atoms with Gasteiger partial charge >= 0.3 is 0 Å². The monoisotopic (exact) mass is 657 g/mol. The van der Waals surface area contributed by atoms with Gasteiger partial charge in [-0.05, 0) is 64.7 Å². The predicted octanol–water partition coefficient (Wildman–Crippen LogP) is 12.5. The minimum Gasteiger partial charge on any atom is -0.456 e. The summed E-state index contributed by atoms with van der Waals surface area (Å²) in [5, 5.41) is 4.67. The van der Waals surface area contributed by atoms with Crippen molar-refractivity contribution in [2.45, 2.75) is 0 Å². The van der Waals surface area contributed by atoms with Gasteiger partial charge in [-0.25, -0.2) is 15.0 Å². The Morgan fingerprint density at radius 1 is 0.360 bits per heavy atom. The van der Waals surface area contributed by atoms with E-state index in [0.29, 0.717) is 17.5 Å². The molecule has 0 bridgehead atoms. The SMILES string of the molecule is c1ccc(-c2cccc(-c3nc(-c4ccccc4)nc(-c4ccc5oc6ccc(-c7cccc8c7sc7ccccc78)cc6c5c4)n3)c2)cc1. The molecule has 0 unspecified atom stereocenters. The Morgan fingerprint density at radius 3 is 1.66 bits per heavy atom. The van der Waals surface area contributed by atoms with E-state index in [0.717, 1.165) is 55.3 Å². The van der Waals surface area contributed by atoms with Crippen molar-refractivity contribution in [1.29, 1.82) is 0 Å². The van der Waals surface area contributed by atoms with E-state index < -0.39 is 0 Å². The van der Waals surface area contributed by atoms with E-state index in [2.05, 4.69) is 115 Å². The lowest BCUT2D eigenvalue weighted by Crippen LogP contribution is -2.00. The second-order valence-corrected chi connectivity index (χ2v) is 13.5. The molecule has 0 aliphatic carbocycles. The van der Waals surface area contributed by atoms with E-state index in [9.17, 15) is 0 Å². The van der Waals surface area contributed by atoms with Gasteiger partial charge in [-0.15, -0.1) is 11.3 Å². The van der Waals surface area contributed by atoms with Crippen LogP contribution >= 0.6 is 11.3 Å². The number of hydrogen-bond acceptors (Lipinski definition) is 5. The van der Waals surface area contributed by atoms with Gasteiger partial charge in [0.1, 0.15) is 11.2 Å². The molecule has 0 spiro atoms. The highest BCUT2D eigenvalue weighted by Crippen LogP contribution is 2.42. The maximum atomic E-state index is 6.36. The summed E-state index contributed by atoms with van der Waals surface area (Å²) in [6.07, 6.45) is 0. The zero-order valence-electron chi connectivity index (χ0n) is 26.7. The van der Waals surface area contributed by atoms with Gasteiger partial charge in [-0.2, -0.15) is 0 Å². The van der Waals surface area contributed by atoms with Crippen molar-refractivity contribution in [1.82, 2.24) is 15.0 Å². The van der Waals surface area contributed by atoms with Gasteiger partial charge in [0.15, 0.2) is 17.5 Å². The molecule has 50 heavy (non-hydrogen) atoms. The maximum absolute atomic E-state index is 6.36. The fourth-order valence-corrected chi connectivity index (χ4v) is 8.12. The quantitative estimate of drug-likeness (QED) is 0.185. The van der Waals surface area contributed by atoms with Crippen LogP contribution in [0.5, 0.6) is 0 Å². The van der Waals surface area contributed by atoms with Crippen LogP contribution in [0.1, 0.15) is 0 Å². The summed E-state index contributed by atoms with van der Waals surface area (Å²) in [6, 6.07) is 56.8. The number of thiophene rings is 1. The molecule has 0 aliphatic heterocycles. The number of rotatable bonds is 5. The highest BCUT2D eigenvalue weighted by Gasteiger charge is 2.17. The van der Waals surface area contributed by atoms with Crippen LogP contribution in [0.25, 0.3) is 98.5 Å². The number of nitrogens with zero attached hydrogens (tertiary/aromatic N) is 3. The number of aromatic nitrogens is 3. The van der Waals surface area contributed by atoms with Gasteiger partial charge in [0.25, 0.3) is 0 Å². The molecule has 4 nitrogen and oxygen atoms in total. The van der Waals surface area contributed by atoms with Crippen molar-refractivity contribution >= 4 is 53.4 Å². The fourth-order valence-electron chi connectivity index (χ4n) is 6.88. The third-order valence-electron chi connectivity index (χ3n) is 9.34. The van der Waals surface area contributed by atoms with Crippen molar-refractivity contribution in [2.24, 2.45) is 0 Å². The summed E-state index contributed by atoms with van der Waals surface area (Å²) < 4.78 is 8.95. The fraction of sp³-hybridized carbons (Fsp3) is 0. The van der Waals surface area contributed by atoms with Gasteiger partial charge in [-0.3, -0.25) is 0 Å². The first-order valence-electron chi connectivity index (χ1n) is 16.6. The average Bonchev–Trinajstić information content (AvgIpc) is 3.76. The molecule has 0 atom stereocenters. The number of fused-ring (bicyclic) bond motifs is 6. The second-order valence-electron chi connectivity index (χ2n) is 12.4. The van der Waals surface area contributed by atoms with Gasteiger partial charge in [-0.1, -0.05) is 121 Å². The smallest absolute Gasteiger partial charge is 0.164 e. The van der Waals surface area contributed by atoms with Gasteiger partial charge in [0.05, 0.1) is 0 Å². The first-order valence-corrected chi connectivity index (χ1v) is 17.4. The van der Waals surface area contributed by atoms with Crippen LogP contribution in [0.2, 0.25) is 0 Å². The average molecular weight is 658 g/mol. The molecule has 0 saturated carbocycles. The Bertz CT molecular complexity index is 2870. The normalized spacial score (nSPS) is 11.6. The lowest BCUT2D eigenvalue weighted by Gasteiger charge is -2.10. The summed E-state index contributed by atoms with van der Waals surface area (Å²) >= 11 is 1.85. The number of hydrogen-bond donors (Lipinski definition) is 0. The number of benzene rings is 7. The molecule has 3 heterocycles. The molecule has 0 radical (unpaired) electrons. The molecule has 0 aliphatic rings.